The Morgan fingerprint density at radius 2 is 1.85 bits per heavy atom. The first kappa shape index (κ1) is 13.5. The van der Waals surface area contributed by atoms with E-state index < -0.39 is 0 Å². The van der Waals surface area contributed by atoms with Gasteiger partial charge in [-0.05, 0) is 0 Å². The SMILES string of the molecule is CSCCCCCCC[I-]C(N)=O. The Kier molecular flexibility index (Phi) is 11.1. The Hall–Kier alpha value is 0.550. The number of hydrogen-bond acceptors (Lipinski definition) is 2. The molecule has 0 aliphatic rings. The third-order valence-corrected chi connectivity index (χ3v) is 4.46. The van der Waals surface area contributed by atoms with Gasteiger partial charge in [-0.25, -0.2) is 0 Å². The van der Waals surface area contributed by atoms with Crippen LogP contribution in [-0.2, 0) is 0 Å². The fourth-order valence-corrected chi connectivity index (χ4v) is 2.98. The number of primary amides is 1. The normalized spacial score (nSPS) is 10.5. The molecule has 2 N–H and O–H groups in total. The number of unbranched alkanes of at least 4 members (excludes halogenated alkanes) is 4. The molecule has 0 rings (SSSR count). The van der Waals surface area contributed by atoms with Crippen LogP contribution in [0.5, 0.6) is 0 Å². The zero-order valence-corrected chi connectivity index (χ0v) is 11.2. The van der Waals surface area contributed by atoms with Gasteiger partial charge in [0.15, 0.2) is 0 Å². The summed E-state index contributed by atoms with van der Waals surface area (Å²) in [5, 5.41) is 0. The Labute approximate surface area is 95.7 Å². The second-order valence-corrected chi connectivity index (χ2v) is 6.78. The van der Waals surface area contributed by atoms with Crippen LogP contribution in [-0.4, -0.2) is 20.4 Å². The summed E-state index contributed by atoms with van der Waals surface area (Å²) in [6.07, 6.45) is 8.64. The van der Waals surface area contributed by atoms with Crippen molar-refractivity contribution in [3.63, 3.8) is 0 Å². The summed E-state index contributed by atoms with van der Waals surface area (Å²) in [4.78, 5) is 10.4. The molecule has 0 spiro atoms. The molecule has 0 aliphatic heterocycles. The first-order valence-corrected chi connectivity index (χ1v) is 8.64. The van der Waals surface area contributed by atoms with Crippen molar-refractivity contribution in [2.75, 3.05) is 16.4 Å². The number of alkyl halides is 1. The first-order valence-electron chi connectivity index (χ1n) is 4.65. The zero-order valence-electron chi connectivity index (χ0n) is 8.22. The quantitative estimate of drug-likeness (QED) is 0.204. The predicted octanol–water partition coefficient (Wildman–Crippen LogP) is -0.532. The van der Waals surface area contributed by atoms with Gasteiger partial charge < -0.3 is 0 Å². The van der Waals surface area contributed by atoms with E-state index in [2.05, 4.69) is 6.26 Å². The van der Waals surface area contributed by atoms with Gasteiger partial charge in [-0.3, -0.25) is 0 Å². The van der Waals surface area contributed by atoms with E-state index in [1.54, 1.807) is 0 Å². The summed E-state index contributed by atoms with van der Waals surface area (Å²) < 4.78 is 1.03. The van der Waals surface area contributed by atoms with Gasteiger partial charge in [0.2, 0.25) is 0 Å². The molecule has 2 nitrogen and oxygen atoms in total. The number of thioether (sulfide) groups is 1. The molecule has 13 heavy (non-hydrogen) atoms. The summed E-state index contributed by atoms with van der Waals surface area (Å²) >= 11 is 1.59. The standard InChI is InChI=1S/C9H19INOS/c1-13-8-6-4-2-3-5-7-10-9(11)12/h2-8H2,1H3,(H2,11,12)/q-1. The molecular weight excluding hydrogens is 297 g/mol. The number of amides is 1. The molecule has 0 aromatic carbocycles. The molecule has 0 bridgehead atoms. The van der Waals surface area contributed by atoms with E-state index in [1.807, 2.05) is 11.8 Å². The van der Waals surface area contributed by atoms with E-state index in [4.69, 9.17) is 5.73 Å². The van der Waals surface area contributed by atoms with Gasteiger partial charge in [0.1, 0.15) is 0 Å². The molecule has 0 unspecified atom stereocenters. The van der Waals surface area contributed by atoms with Gasteiger partial charge in [0.05, 0.1) is 0 Å². The van der Waals surface area contributed by atoms with E-state index >= 15 is 0 Å². The number of nitrogens with two attached hydrogens (primary N) is 1. The number of carbonyl (C=O) groups excluding carboxylic acids is 1. The minimum atomic E-state index is -0.329. The third-order valence-electron chi connectivity index (χ3n) is 1.71. The fraction of sp³-hybridized carbons (Fsp3) is 0.889. The van der Waals surface area contributed by atoms with Crippen LogP contribution in [0.2, 0.25) is 0 Å². The summed E-state index contributed by atoms with van der Waals surface area (Å²) in [6.45, 7) is 0. The molecule has 0 heterocycles. The van der Waals surface area contributed by atoms with Crippen LogP contribution < -0.4 is 26.9 Å². The van der Waals surface area contributed by atoms with Crippen molar-refractivity contribution in [2.24, 2.45) is 5.73 Å². The van der Waals surface area contributed by atoms with Gasteiger partial charge in [-0.2, -0.15) is 0 Å². The van der Waals surface area contributed by atoms with E-state index in [1.165, 1.54) is 37.9 Å². The van der Waals surface area contributed by atoms with Crippen molar-refractivity contribution >= 4 is 15.7 Å². The summed E-state index contributed by atoms with van der Waals surface area (Å²) in [6, 6.07) is 0. The number of rotatable bonds is 9. The van der Waals surface area contributed by atoms with Gasteiger partial charge in [0.25, 0.3) is 0 Å². The van der Waals surface area contributed by atoms with E-state index in [9.17, 15) is 4.79 Å². The molecule has 0 saturated heterocycles. The van der Waals surface area contributed by atoms with Gasteiger partial charge in [-0.15, -0.1) is 0 Å². The Balaban J connectivity index is 2.87. The summed E-state index contributed by atoms with van der Waals surface area (Å²) in [5.74, 6) is 1.29. The number of hydrogen-bond donors (Lipinski definition) is 1. The molecule has 0 aromatic heterocycles. The minimum absolute atomic E-state index is 0.0545. The second kappa shape index (κ2) is 10.6. The van der Waals surface area contributed by atoms with Crippen molar-refractivity contribution in [2.45, 2.75) is 32.1 Å². The van der Waals surface area contributed by atoms with E-state index in [0.717, 1.165) is 4.43 Å². The topological polar surface area (TPSA) is 43.1 Å². The zero-order chi connectivity index (χ0) is 9.94. The van der Waals surface area contributed by atoms with Crippen molar-refractivity contribution in [3.05, 3.63) is 0 Å². The van der Waals surface area contributed by atoms with Crippen molar-refractivity contribution < 1.29 is 26.0 Å². The van der Waals surface area contributed by atoms with Crippen LogP contribution >= 0.6 is 11.8 Å². The van der Waals surface area contributed by atoms with Gasteiger partial charge in [-0.1, -0.05) is 0 Å². The molecule has 1 amide bonds. The maximum atomic E-state index is 10.4. The first-order chi connectivity index (χ1) is 6.27. The molecule has 0 fully saturated rings. The Bertz CT molecular complexity index is 133. The van der Waals surface area contributed by atoms with Crippen LogP contribution in [0.15, 0.2) is 0 Å². The molecule has 80 valence electrons. The average Bonchev–Trinajstić information content (AvgIpc) is 2.09. The van der Waals surface area contributed by atoms with Crippen molar-refractivity contribution in [1.29, 1.82) is 0 Å². The number of carbonyl (C=O) groups is 1. The predicted molar refractivity (Wildman–Crippen MR) is 55.9 cm³/mol. The molecule has 4 heteroatoms. The molecule has 0 aliphatic carbocycles. The summed E-state index contributed by atoms with van der Waals surface area (Å²) in [5.41, 5.74) is 5.08. The van der Waals surface area contributed by atoms with Crippen LogP contribution in [0, 0.1) is 0 Å². The van der Waals surface area contributed by atoms with Crippen LogP contribution in [0.3, 0.4) is 0 Å². The molecular formula is C9H19INOS-. The molecule has 0 saturated carbocycles. The Morgan fingerprint density at radius 3 is 2.46 bits per heavy atom. The molecule has 0 atom stereocenters. The summed E-state index contributed by atoms with van der Waals surface area (Å²) in [7, 11) is 0. The molecule has 0 radical (unpaired) electrons. The van der Waals surface area contributed by atoms with Crippen LogP contribution in [0.25, 0.3) is 0 Å². The number of halogens is 1. The van der Waals surface area contributed by atoms with Crippen LogP contribution in [0.4, 0.5) is 4.79 Å². The van der Waals surface area contributed by atoms with Gasteiger partial charge in [0, 0.05) is 0 Å². The average molecular weight is 316 g/mol. The molecule has 0 aromatic rings. The van der Waals surface area contributed by atoms with E-state index in [-0.39, 0.29) is 25.1 Å². The fourth-order valence-electron chi connectivity index (χ4n) is 1.03. The monoisotopic (exact) mass is 316 g/mol. The van der Waals surface area contributed by atoms with E-state index in [0.29, 0.717) is 0 Å². The maximum absolute atomic E-state index is 10.4. The Morgan fingerprint density at radius 1 is 1.23 bits per heavy atom. The van der Waals surface area contributed by atoms with Gasteiger partial charge >= 0.3 is 95.9 Å². The van der Waals surface area contributed by atoms with Crippen molar-refractivity contribution in [3.8, 4) is 0 Å². The van der Waals surface area contributed by atoms with Crippen LogP contribution in [0.1, 0.15) is 32.1 Å². The second-order valence-electron chi connectivity index (χ2n) is 2.89. The third kappa shape index (κ3) is 12.5. The van der Waals surface area contributed by atoms with Crippen molar-refractivity contribution in [1.82, 2.24) is 0 Å².